The Kier molecular flexibility index (Phi) is 6.72. The third-order valence-electron chi connectivity index (χ3n) is 5.35. The molecule has 2 aromatic heterocycles. The van der Waals surface area contributed by atoms with E-state index in [0.29, 0.717) is 17.9 Å². The van der Waals surface area contributed by atoms with Gasteiger partial charge in [0.15, 0.2) is 12.4 Å². The molecule has 2 heterocycles. The van der Waals surface area contributed by atoms with Crippen molar-refractivity contribution in [2.24, 2.45) is 0 Å². The summed E-state index contributed by atoms with van der Waals surface area (Å²) in [5.41, 5.74) is 4.30. The lowest BCUT2D eigenvalue weighted by Gasteiger charge is -2.07. The first-order valence-corrected chi connectivity index (χ1v) is 11.8. The molecule has 0 aliphatic carbocycles. The van der Waals surface area contributed by atoms with Crippen LogP contribution in [-0.4, -0.2) is 25.5 Å². The molecule has 0 bridgehead atoms. The van der Waals surface area contributed by atoms with Gasteiger partial charge in [-0.3, -0.25) is 9.48 Å². The van der Waals surface area contributed by atoms with E-state index < -0.39 is 0 Å². The van der Waals surface area contributed by atoms with E-state index in [1.165, 1.54) is 0 Å². The van der Waals surface area contributed by atoms with E-state index in [0.717, 1.165) is 26.9 Å². The van der Waals surface area contributed by atoms with Crippen LogP contribution in [0, 0.1) is 0 Å². The number of benzene rings is 3. The number of carbonyl (C=O) groups excluding carboxylic acids is 1. The van der Waals surface area contributed by atoms with Crippen molar-refractivity contribution in [2.75, 3.05) is 5.32 Å². The Bertz CT molecular complexity index is 1410. The second-order valence-electron chi connectivity index (χ2n) is 7.91. The Hall–Kier alpha value is -4.17. The van der Waals surface area contributed by atoms with Crippen LogP contribution in [0.4, 0.5) is 5.69 Å². The van der Waals surface area contributed by atoms with Gasteiger partial charge in [-0.2, -0.15) is 10.2 Å². The lowest BCUT2D eigenvalue weighted by molar-refractivity contribution is 0.102. The fraction of sp³-hybridized carbons (Fsp3) is 0.0741. The minimum Gasteiger partial charge on any atom is -0.471 e. The highest BCUT2D eigenvalue weighted by Crippen LogP contribution is 2.22. The number of rotatable bonds is 8. The van der Waals surface area contributed by atoms with Gasteiger partial charge in [-0.15, -0.1) is 0 Å². The molecule has 0 aliphatic rings. The lowest BCUT2D eigenvalue weighted by atomic mass is 10.1. The maximum Gasteiger partial charge on any atom is 0.276 e. The van der Waals surface area contributed by atoms with Crippen LogP contribution < -0.4 is 10.1 Å². The zero-order valence-electron chi connectivity index (χ0n) is 18.7. The second kappa shape index (κ2) is 10.4. The van der Waals surface area contributed by atoms with Crippen LogP contribution >= 0.6 is 15.9 Å². The van der Waals surface area contributed by atoms with Gasteiger partial charge >= 0.3 is 0 Å². The Balaban J connectivity index is 1.14. The zero-order valence-corrected chi connectivity index (χ0v) is 20.3. The first-order chi connectivity index (χ1) is 17.1. The molecule has 0 spiro atoms. The molecule has 5 aromatic rings. The first-order valence-electron chi connectivity index (χ1n) is 11.0. The van der Waals surface area contributed by atoms with Gasteiger partial charge in [0.05, 0.1) is 18.4 Å². The molecule has 1 N–H and O–H groups in total. The summed E-state index contributed by atoms with van der Waals surface area (Å²) < 4.78 is 10.2. The molecule has 35 heavy (non-hydrogen) atoms. The highest BCUT2D eigenvalue weighted by Gasteiger charge is 2.11. The van der Waals surface area contributed by atoms with Crippen molar-refractivity contribution in [1.82, 2.24) is 19.6 Å². The van der Waals surface area contributed by atoms with E-state index in [1.54, 1.807) is 34.0 Å². The third kappa shape index (κ3) is 5.85. The summed E-state index contributed by atoms with van der Waals surface area (Å²) in [7, 11) is 0. The molecule has 0 fully saturated rings. The van der Waals surface area contributed by atoms with Gasteiger partial charge in [0, 0.05) is 16.9 Å². The molecule has 0 saturated carbocycles. The minimum atomic E-state index is -0.306. The maximum absolute atomic E-state index is 12.6. The van der Waals surface area contributed by atoms with Crippen molar-refractivity contribution in [2.45, 2.75) is 13.3 Å². The molecule has 7 nitrogen and oxygen atoms in total. The fourth-order valence-corrected chi connectivity index (χ4v) is 3.82. The molecule has 174 valence electrons. The largest absolute Gasteiger partial charge is 0.471 e. The van der Waals surface area contributed by atoms with Gasteiger partial charge in [0.25, 0.3) is 5.91 Å². The van der Waals surface area contributed by atoms with E-state index in [-0.39, 0.29) is 12.6 Å². The summed E-state index contributed by atoms with van der Waals surface area (Å²) in [4.78, 5) is 12.6. The molecule has 0 aliphatic heterocycles. The molecule has 0 radical (unpaired) electrons. The topological polar surface area (TPSA) is 74.0 Å². The number of aromatic nitrogens is 4. The molecule has 3 aromatic carbocycles. The van der Waals surface area contributed by atoms with Crippen molar-refractivity contribution in [3.05, 3.63) is 119 Å². The smallest absolute Gasteiger partial charge is 0.276 e. The second-order valence-corrected chi connectivity index (χ2v) is 8.83. The number of hydrogen-bond acceptors (Lipinski definition) is 4. The Labute approximate surface area is 211 Å². The number of nitrogens with one attached hydrogen (secondary N) is 1. The summed E-state index contributed by atoms with van der Waals surface area (Å²) in [5, 5.41) is 11.5. The van der Waals surface area contributed by atoms with Crippen LogP contribution in [0.1, 0.15) is 16.1 Å². The average molecular weight is 528 g/mol. The van der Waals surface area contributed by atoms with E-state index in [4.69, 9.17) is 4.74 Å². The first kappa shape index (κ1) is 22.6. The van der Waals surface area contributed by atoms with Crippen LogP contribution in [0.2, 0.25) is 0 Å². The van der Waals surface area contributed by atoms with Crippen molar-refractivity contribution in [3.63, 3.8) is 0 Å². The lowest BCUT2D eigenvalue weighted by Crippen LogP contribution is -2.14. The van der Waals surface area contributed by atoms with Gasteiger partial charge in [-0.1, -0.05) is 70.5 Å². The molecular formula is C27H22BrN5O2. The van der Waals surface area contributed by atoms with Crippen molar-refractivity contribution >= 4 is 27.5 Å². The molecule has 8 heteroatoms. The van der Waals surface area contributed by atoms with Crippen molar-refractivity contribution < 1.29 is 9.53 Å². The fourth-order valence-electron chi connectivity index (χ4n) is 3.56. The predicted octanol–water partition coefficient (Wildman–Crippen LogP) is 5.85. The number of carbonyl (C=O) groups is 1. The van der Waals surface area contributed by atoms with E-state index in [1.807, 2.05) is 66.7 Å². The van der Waals surface area contributed by atoms with Crippen molar-refractivity contribution in [3.8, 4) is 16.9 Å². The molecule has 1 amide bonds. The standard InChI is InChI=1S/C27H22BrN5O2/c28-23-10-6-20(7-11-23)17-33-18-24(16-29-33)30-27(34)26-14-15-32(31-26)19-35-25-12-8-22(9-13-25)21-4-2-1-3-5-21/h1-16,18H,17,19H2,(H,30,34). The van der Waals surface area contributed by atoms with Gasteiger partial charge in [0.1, 0.15) is 5.75 Å². The highest BCUT2D eigenvalue weighted by molar-refractivity contribution is 9.10. The number of amides is 1. The van der Waals surface area contributed by atoms with Crippen LogP contribution in [0.3, 0.4) is 0 Å². The van der Waals surface area contributed by atoms with Crippen LogP contribution in [-0.2, 0) is 13.3 Å². The van der Waals surface area contributed by atoms with E-state index in [2.05, 4.69) is 43.6 Å². The third-order valence-corrected chi connectivity index (χ3v) is 5.88. The molecular weight excluding hydrogens is 506 g/mol. The number of halogens is 1. The normalized spacial score (nSPS) is 10.8. The van der Waals surface area contributed by atoms with Crippen LogP contribution in [0.5, 0.6) is 5.75 Å². The maximum atomic E-state index is 12.6. The van der Waals surface area contributed by atoms with E-state index in [9.17, 15) is 4.79 Å². The Morgan fingerprint density at radius 3 is 2.40 bits per heavy atom. The van der Waals surface area contributed by atoms with Crippen molar-refractivity contribution in [1.29, 1.82) is 0 Å². The quantitative estimate of drug-likeness (QED) is 0.275. The Morgan fingerprint density at radius 2 is 1.63 bits per heavy atom. The number of nitrogens with zero attached hydrogens (tertiary/aromatic N) is 4. The SMILES string of the molecule is O=C(Nc1cnn(Cc2ccc(Br)cc2)c1)c1ccn(COc2ccc(-c3ccccc3)cc2)n1. The van der Waals surface area contributed by atoms with Gasteiger partial charge in [-0.25, -0.2) is 4.68 Å². The monoisotopic (exact) mass is 527 g/mol. The molecule has 5 rings (SSSR count). The highest BCUT2D eigenvalue weighted by atomic mass is 79.9. The van der Waals surface area contributed by atoms with Crippen LogP contribution in [0.15, 0.2) is 108 Å². The van der Waals surface area contributed by atoms with E-state index >= 15 is 0 Å². The molecule has 0 saturated heterocycles. The number of ether oxygens (including phenoxy) is 1. The summed E-state index contributed by atoms with van der Waals surface area (Å²) in [6.07, 6.45) is 5.12. The summed E-state index contributed by atoms with van der Waals surface area (Å²) in [6.45, 7) is 0.810. The van der Waals surface area contributed by atoms with Gasteiger partial charge < -0.3 is 10.1 Å². The van der Waals surface area contributed by atoms with Gasteiger partial charge in [-0.05, 0) is 47.0 Å². The summed E-state index contributed by atoms with van der Waals surface area (Å²) in [5.74, 6) is 0.420. The summed E-state index contributed by atoms with van der Waals surface area (Å²) >= 11 is 3.43. The summed E-state index contributed by atoms with van der Waals surface area (Å²) in [6, 6.07) is 27.7. The van der Waals surface area contributed by atoms with Crippen LogP contribution in [0.25, 0.3) is 11.1 Å². The average Bonchev–Trinajstić information content (AvgIpc) is 3.55. The number of anilines is 1. The zero-order chi connectivity index (χ0) is 24.0. The predicted molar refractivity (Wildman–Crippen MR) is 138 cm³/mol. The molecule has 0 atom stereocenters. The number of hydrogen-bond donors (Lipinski definition) is 1. The molecule has 0 unspecified atom stereocenters. The minimum absolute atomic E-state index is 0.198. The Morgan fingerprint density at radius 1 is 0.886 bits per heavy atom. The van der Waals surface area contributed by atoms with Gasteiger partial charge in [0.2, 0.25) is 0 Å².